The number of nitrogens with zero attached hydrogens (tertiary/aromatic N) is 4. The van der Waals surface area contributed by atoms with Crippen LogP contribution in [0.2, 0.25) is 0 Å². The topological polar surface area (TPSA) is 68.2 Å². The van der Waals surface area contributed by atoms with Crippen LogP contribution in [0.25, 0.3) is 17.2 Å². The summed E-state index contributed by atoms with van der Waals surface area (Å²) in [5.41, 5.74) is 2.10. The van der Waals surface area contributed by atoms with Gasteiger partial charge < -0.3 is 9.73 Å². The first-order chi connectivity index (χ1) is 10.4. The first kappa shape index (κ1) is 12.4. The van der Waals surface area contributed by atoms with Gasteiger partial charge in [0.15, 0.2) is 11.4 Å². The summed E-state index contributed by atoms with van der Waals surface area (Å²) in [6.45, 7) is 2.97. The van der Waals surface area contributed by atoms with Gasteiger partial charge in [0.25, 0.3) is 0 Å². The summed E-state index contributed by atoms with van der Waals surface area (Å²) >= 11 is 0. The highest BCUT2D eigenvalue weighted by atomic mass is 16.3. The van der Waals surface area contributed by atoms with Crippen molar-refractivity contribution >= 4 is 11.6 Å². The van der Waals surface area contributed by atoms with Gasteiger partial charge in [-0.25, -0.2) is 4.98 Å². The molecule has 1 N–H and O–H groups in total. The average Bonchev–Trinajstić information content (AvgIpc) is 3.04. The zero-order valence-electron chi connectivity index (χ0n) is 11.9. The van der Waals surface area contributed by atoms with E-state index >= 15 is 0 Å². The lowest BCUT2D eigenvalue weighted by Gasteiger charge is -2.08. The first-order valence-corrected chi connectivity index (χ1v) is 7.40. The fourth-order valence-electron chi connectivity index (χ4n) is 2.44. The number of fused-ring (bicyclic) bond motifs is 1. The minimum Gasteiger partial charge on any atom is -0.461 e. The van der Waals surface area contributed by atoms with E-state index in [0.29, 0.717) is 17.5 Å². The molecular weight excluding hydrogens is 266 g/mol. The molecule has 0 amide bonds. The minimum atomic E-state index is 0.598. The van der Waals surface area contributed by atoms with Crippen LogP contribution in [-0.2, 0) is 0 Å². The molecule has 0 spiro atoms. The molecule has 1 aliphatic carbocycles. The number of hydrogen-bond donors (Lipinski definition) is 1. The average molecular weight is 283 g/mol. The summed E-state index contributed by atoms with van der Waals surface area (Å²) in [6.07, 6.45) is 7.03. The van der Waals surface area contributed by atoms with Crippen molar-refractivity contribution in [3.63, 3.8) is 0 Å². The maximum absolute atomic E-state index is 5.44. The molecule has 0 atom stereocenters. The number of hydrogen-bond acceptors (Lipinski definition) is 5. The molecule has 0 aromatic carbocycles. The minimum absolute atomic E-state index is 0.598. The summed E-state index contributed by atoms with van der Waals surface area (Å²) < 4.78 is 7.24. The normalized spacial score (nSPS) is 14.7. The quantitative estimate of drug-likeness (QED) is 0.779. The molecule has 3 aromatic rings. The van der Waals surface area contributed by atoms with E-state index in [4.69, 9.17) is 4.42 Å². The lowest BCUT2D eigenvalue weighted by atomic mass is 10.2. The van der Waals surface area contributed by atoms with Crippen molar-refractivity contribution in [3.05, 3.63) is 30.2 Å². The molecule has 1 fully saturated rings. The van der Waals surface area contributed by atoms with Crippen LogP contribution in [0.1, 0.15) is 37.7 Å². The molecule has 0 saturated heterocycles. The second-order valence-electron chi connectivity index (χ2n) is 5.38. The lowest BCUT2D eigenvalue weighted by Crippen LogP contribution is -2.10. The third-order valence-electron chi connectivity index (χ3n) is 3.69. The van der Waals surface area contributed by atoms with Gasteiger partial charge in [0.05, 0.1) is 12.5 Å². The summed E-state index contributed by atoms with van der Waals surface area (Å²) in [7, 11) is 0. The van der Waals surface area contributed by atoms with Crippen LogP contribution in [0, 0.1) is 0 Å². The van der Waals surface area contributed by atoms with Gasteiger partial charge in [-0.1, -0.05) is 6.92 Å². The highest BCUT2D eigenvalue weighted by Gasteiger charge is 2.28. The van der Waals surface area contributed by atoms with E-state index in [1.807, 2.05) is 18.3 Å². The molecule has 6 heteroatoms. The Labute approximate surface area is 122 Å². The van der Waals surface area contributed by atoms with Crippen molar-refractivity contribution in [2.45, 2.75) is 32.1 Å². The maximum Gasteiger partial charge on any atom is 0.228 e. The highest BCUT2D eigenvalue weighted by molar-refractivity contribution is 5.60. The fraction of sp³-hybridized carbons (Fsp3) is 0.400. The molecule has 108 valence electrons. The summed E-state index contributed by atoms with van der Waals surface area (Å²) in [5, 5.41) is 7.77. The zero-order valence-corrected chi connectivity index (χ0v) is 11.9. The fourth-order valence-corrected chi connectivity index (χ4v) is 2.44. The molecule has 3 aromatic heterocycles. The smallest absolute Gasteiger partial charge is 0.228 e. The van der Waals surface area contributed by atoms with Crippen molar-refractivity contribution in [2.75, 3.05) is 11.9 Å². The number of furan rings is 1. The summed E-state index contributed by atoms with van der Waals surface area (Å²) in [4.78, 5) is 9.22. The van der Waals surface area contributed by atoms with Gasteiger partial charge in [-0.05, 0) is 37.3 Å². The van der Waals surface area contributed by atoms with Crippen LogP contribution in [0.3, 0.4) is 0 Å². The second kappa shape index (κ2) is 4.87. The molecular formula is C15H17N5O. The Kier molecular flexibility index (Phi) is 2.87. The van der Waals surface area contributed by atoms with Crippen LogP contribution in [0.4, 0.5) is 5.95 Å². The Balaban J connectivity index is 1.88. The lowest BCUT2D eigenvalue weighted by molar-refractivity contribution is 0.577. The van der Waals surface area contributed by atoms with Gasteiger partial charge in [-0.2, -0.15) is 14.6 Å². The largest absolute Gasteiger partial charge is 0.461 e. The van der Waals surface area contributed by atoms with Crippen LogP contribution in [0.5, 0.6) is 0 Å². The van der Waals surface area contributed by atoms with E-state index < -0.39 is 0 Å². The Hall–Kier alpha value is -2.37. The van der Waals surface area contributed by atoms with E-state index in [1.165, 1.54) is 18.4 Å². The van der Waals surface area contributed by atoms with Crippen molar-refractivity contribution in [1.29, 1.82) is 0 Å². The first-order valence-electron chi connectivity index (χ1n) is 7.40. The van der Waals surface area contributed by atoms with Gasteiger partial charge in [0, 0.05) is 12.1 Å². The van der Waals surface area contributed by atoms with Crippen molar-refractivity contribution < 1.29 is 4.42 Å². The predicted molar refractivity (Wildman–Crippen MR) is 79.2 cm³/mol. The summed E-state index contributed by atoms with van der Waals surface area (Å²) in [5.74, 6) is 2.61. The van der Waals surface area contributed by atoms with E-state index in [2.05, 4.69) is 27.3 Å². The van der Waals surface area contributed by atoms with E-state index in [9.17, 15) is 0 Å². The van der Waals surface area contributed by atoms with Crippen molar-refractivity contribution in [3.8, 4) is 11.6 Å². The van der Waals surface area contributed by atoms with Gasteiger partial charge in [0.1, 0.15) is 0 Å². The van der Waals surface area contributed by atoms with Crippen LogP contribution in [0.15, 0.2) is 29.0 Å². The number of aromatic nitrogens is 4. The molecule has 4 rings (SSSR count). The Bertz CT molecular complexity index is 758. The molecule has 1 aliphatic rings. The third kappa shape index (κ3) is 2.16. The van der Waals surface area contributed by atoms with Gasteiger partial charge >= 0.3 is 0 Å². The van der Waals surface area contributed by atoms with Crippen LogP contribution in [-0.4, -0.2) is 26.1 Å². The van der Waals surface area contributed by atoms with E-state index in [0.717, 1.165) is 24.6 Å². The van der Waals surface area contributed by atoms with Gasteiger partial charge in [-0.3, -0.25) is 0 Å². The molecule has 3 heterocycles. The SMILES string of the molecule is CCCNc1nc(-c2ccco2)nc2c(C3CC3)cnn12. The Morgan fingerprint density at radius 2 is 2.29 bits per heavy atom. The van der Waals surface area contributed by atoms with E-state index in [1.54, 1.807) is 10.8 Å². The van der Waals surface area contributed by atoms with Crippen molar-refractivity contribution in [1.82, 2.24) is 19.6 Å². The monoisotopic (exact) mass is 283 g/mol. The second-order valence-corrected chi connectivity index (χ2v) is 5.38. The Morgan fingerprint density at radius 1 is 1.38 bits per heavy atom. The molecule has 0 bridgehead atoms. The standard InChI is InChI=1S/C15H17N5O/c1-2-7-16-15-19-13(12-4-3-8-21-12)18-14-11(10-5-6-10)9-17-20(14)15/h3-4,8-10H,2,5-7H2,1H3,(H,16,18,19). The van der Waals surface area contributed by atoms with E-state index in [-0.39, 0.29) is 0 Å². The predicted octanol–water partition coefficient (Wildman–Crippen LogP) is 3.08. The van der Waals surface area contributed by atoms with Crippen molar-refractivity contribution in [2.24, 2.45) is 0 Å². The third-order valence-corrected chi connectivity index (χ3v) is 3.69. The number of nitrogens with one attached hydrogen (secondary N) is 1. The maximum atomic E-state index is 5.44. The van der Waals surface area contributed by atoms with Gasteiger partial charge in [0.2, 0.25) is 11.8 Å². The van der Waals surface area contributed by atoms with Crippen LogP contribution >= 0.6 is 0 Å². The molecule has 1 saturated carbocycles. The van der Waals surface area contributed by atoms with Gasteiger partial charge in [-0.15, -0.1) is 0 Å². The van der Waals surface area contributed by atoms with Crippen LogP contribution < -0.4 is 5.32 Å². The Morgan fingerprint density at radius 3 is 3.00 bits per heavy atom. The molecule has 6 nitrogen and oxygen atoms in total. The molecule has 0 unspecified atom stereocenters. The molecule has 0 radical (unpaired) electrons. The molecule has 0 aliphatic heterocycles. The number of anilines is 1. The highest BCUT2D eigenvalue weighted by Crippen LogP contribution is 2.41. The summed E-state index contributed by atoms with van der Waals surface area (Å²) in [6, 6.07) is 3.73. The molecule has 21 heavy (non-hydrogen) atoms. The zero-order chi connectivity index (χ0) is 14.2. The number of rotatable bonds is 5.